The Morgan fingerprint density at radius 2 is 1.51 bits per heavy atom. The number of hydrogen-bond acceptors (Lipinski definition) is 5. The lowest BCUT2D eigenvalue weighted by Crippen LogP contribution is -2.58. The zero-order valence-corrected chi connectivity index (χ0v) is 29.6. The first kappa shape index (κ1) is 35.8. The molecule has 0 saturated heterocycles. The molecule has 47 heavy (non-hydrogen) atoms. The summed E-state index contributed by atoms with van der Waals surface area (Å²) in [5.41, 5.74) is 2.15. The van der Waals surface area contributed by atoms with E-state index >= 15 is 0 Å². The standard InChI is InChI=1S/C39H60N2O6/c1-23(7-15-34(45)41-31(36(46)47)14-16-33(44)40-26-10-8-24(9-11-26)37(2,3)4)28-12-13-29-35-30(18-20-39(28,29)6)38(5)19-17-27(42)21-25(38)22-32(35)43/h8-11,23,25,27-32,35,42-43H,7,12-22H2,1-6H3,(H,40,44)(H,41,45)(H,46,47)/t23-,25-,27-,28-,29+,30+,31+,32-,35+,38+,39-/m1/s1. The summed E-state index contributed by atoms with van der Waals surface area (Å²) >= 11 is 0. The van der Waals surface area contributed by atoms with Gasteiger partial charge in [-0.1, -0.05) is 53.7 Å². The van der Waals surface area contributed by atoms with Crippen molar-refractivity contribution in [3.8, 4) is 0 Å². The van der Waals surface area contributed by atoms with Gasteiger partial charge in [0, 0.05) is 18.5 Å². The summed E-state index contributed by atoms with van der Waals surface area (Å²) in [6, 6.07) is 6.54. The van der Waals surface area contributed by atoms with Crippen molar-refractivity contribution in [3.05, 3.63) is 29.8 Å². The van der Waals surface area contributed by atoms with Gasteiger partial charge in [0.25, 0.3) is 0 Å². The van der Waals surface area contributed by atoms with Gasteiger partial charge >= 0.3 is 5.97 Å². The van der Waals surface area contributed by atoms with Crippen LogP contribution in [0.25, 0.3) is 0 Å². The fourth-order valence-corrected chi connectivity index (χ4v) is 10.8. The number of carboxylic acids is 1. The molecule has 4 saturated carbocycles. The predicted molar refractivity (Wildman–Crippen MR) is 184 cm³/mol. The van der Waals surface area contributed by atoms with E-state index in [0.717, 1.165) is 56.9 Å². The average Bonchev–Trinajstić information content (AvgIpc) is 3.35. The summed E-state index contributed by atoms with van der Waals surface area (Å²) in [6.07, 6.45) is 8.45. The van der Waals surface area contributed by atoms with E-state index in [-0.39, 0.29) is 59.5 Å². The van der Waals surface area contributed by atoms with E-state index < -0.39 is 12.0 Å². The summed E-state index contributed by atoms with van der Waals surface area (Å²) in [5, 5.41) is 37.2. The maximum atomic E-state index is 13.0. The van der Waals surface area contributed by atoms with E-state index in [1.54, 1.807) is 0 Å². The van der Waals surface area contributed by atoms with Gasteiger partial charge in [0.2, 0.25) is 11.8 Å². The summed E-state index contributed by atoms with van der Waals surface area (Å²) in [7, 11) is 0. The molecule has 0 bridgehead atoms. The predicted octanol–water partition coefficient (Wildman–Crippen LogP) is 6.68. The molecule has 4 aliphatic rings. The molecule has 0 aromatic heterocycles. The number of rotatable bonds is 10. The SMILES string of the molecule is C[C@H](CCC(=O)N[C@@H](CCC(=O)Nc1ccc(C(C)(C)C)cc1)C(=O)O)[C@H]1CC[C@H]2[C@@H]3[C@H](O)C[C@H]4C[C@H](O)CC[C@]4(C)[C@H]3CC[C@]12C. The Labute approximate surface area is 281 Å². The maximum Gasteiger partial charge on any atom is 0.326 e. The van der Waals surface area contributed by atoms with Crippen molar-refractivity contribution in [1.29, 1.82) is 0 Å². The molecule has 0 aliphatic heterocycles. The Kier molecular flexibility index (Phi) is 10.5. The highest BCUT2D eigenvalue weighted by atomic mass is 16.4. The molecular weight excluding hydrogens is 592 g/mol. The molecule has 1 aromatic carbocycles. The van der Waals surface area contributed by atoms with Crippen molar-refractivity contribution in [1.82, 2.24) is 5.32 Å². The van der Waals surface area contributed by atoms with Crippen molar-refractivity contribution in [2.24, 2.45) is 46.3 Å². The second kappa shape index (κ2) is 13.8. The highest BCUT2D eigenvalue weighted by Gasteiger charge is 2.62. The number of aliphatic carboxylic acids is 1. The highest BCUT2D eigenvalue weighted by Crippen LogP contribution is 2.68. The number of benzene rings is 1. The Morgan fingerprint density at radius 1 is 0.872 bits per heavy atom. The topological polar surface area (TPSA) is 136 Å². The second-order valence-electron chi connectivity index (χ2n) is 17.3. The molecule has 11 atom stereocenters. The molecule has 8 nitrogen and oxygen atoms in total. The third kappa shape index (κ3) is 7.44. The first-order valence-electron chi connectivity index (χ1n) is 18.3. The lowest BCUT2D eigenvalue weighted by molar-refractivity contribution is -0.174. The minimum atomic E-state index is -1.13. The number of nitrogens with one attached hydrogen (secondary N) is 2. The Bertz CT molecular complexity index is 1290. The van der Waals surface area contributed by atoms with Crippen LogP contribution in [-0.2, 0) is 19.8 Å². The van der Waals surface area contributed by atoms with Gasteiger partial charge in [-0.3, -0.25) is 9.59 Å². The molecule has 0 unspecified atom stereocenters. The third-order valence-electron chi connectivity index (χ3n) is 13.6. The normalized spacial score (nSPS) is 36.3. The molecule has 8 heteroatoms. The number of carbonyl (C=O) groups is 3. The van der Waals surface area contributed by atoms with E-state index in [1.165, 1.54) is 0 Å². The Hall–Kier alpha value is -2.45. The van der Waals surface area contributed by atoms with Gasteiger partial charge < -0.3 is 26.0 Å². The van der Waals surface area contributed by atoms with Gasteiger partial charge in [-0.15, -0.1) is 0 Å². The molecule has 2 amide bonds. The van der Waals surface area contributed by atoms with Crippen LogP contribution in [-0.4, -0.2) is 51.4 Å². The van der Waals surface area contributed by atoms with Crippen LogP contribution in [0.1, 0.15) is 124 Å². The number of carboxylic acid groups (broad SMARTS) is 1. The van der Waals surface area contributed by atoms with Gasteiger partial charge in [0.15, 0.2) is 0 Å². The molecule has 5 rings (SSSR count). The van der Waals surface area contributed by atoms with E-state index in [0.29, 0.717) is 47.6 Å². The van der Waals surface area contributed by atoms with Crippen molar-refractivity contribution in [2.75, 3.05) is 5.32 Å². The molecule has 0 radical (unpaired) electrons. The van der Waals surface area contributed by atoms with Crippen LogP contribution in [0.2, 0.25) is 0 Å². The van der Waals surface area contributed by atoms with Crippen LogP contribution >= 0.6 is 0 Å². The minimum absolute atomic E-state index is 0.00678. The van der Waals surface area contributed by atoms with E-state index in [1.807, 2.05) is 24.3 Å². The van der Waals surface area contributed by atoms with Crippen LogP contribution in [0.15, 0.2) is 24.3 Å². The van der Waals surface area contributed by atoms with E-state index in [9.17, 15) is 29.7 Å². The first-order valence-corrected chi connectivity index (χ1v) is 18.3. The van der Waals surface area contributed by atoms with Crippen LogP contribution in [0, 0.1) is 46.3 Å². The minimum Gasteiger partial charge on any atom is -0.480 e. The van der Waals surface area contributed by atoms with Crippen molar-refractivity contribution in [3.63, 3.8) is 0 Å². The van der Waals surface area contributed by atoms with E-state index in [2.05, 4.69) is 52.2 Å². The Balaban J connectivity index is 1.11. The van der Waals surface area contributed by atoms with Crippen molar-refractivity contribution < 1.29 is 29.7 Å². The number of amides is 2. The lowest BCUT2D eigenvalue weighted by atomic mass is 9.43. The molecule has 1 aromatic rings. The molecule has 4 aliphatic carbocycles. The summed E-state index contributed by atoms with van der Waals surface area (Å²) in [4.78, 5) is 37.5. The Morgan fingerprint density at radius 3 is 2.17 bits per heavy atom. The highest BCUT2D eigenvalue weighted by molar-refractivity contribution is 5.91. The second-order valence-corrected chi connectivity index (χ2v) is 17.3. The quantitative estimate of drug-likeness (QED) is 0.191. The number of anilines is 1. The van der Waals surface area contributed by atoms with Gasteiger partial charge in [-0.25, -0.2) is 4.79 Å². The van der Waals surface area contributed by atoms with E-state index in [4.69, 9.17) is 0 Å². The number of carbonyl (C=O) groups excluding carboxylic acids is 2. The van der Waals surface area contributed by atoms with Gasteiger partial charge in [0.05, 0.1) is 12.2 Å². The molecule has 0 spiro atoms. The van der Waals surface area contributed by atoms with Crippen molar-refractivity contribution in [2.45, 2.75) is 142 Å². The summed E-state index contributed by atoms with van der Waals surface area (Å²) < 4.78 is 0. The van der Waals surface area contributed by atoms with Crippen molar-refractivity contribution >= 4 is 23.5 Å². The molecular formula is C39H60N2O6. The summed E-state index contributed by atoms with van der Waals surface area (Å²) in [5.74, 6) is 0.752. The zero-order valence-electron chi connectivity index (χ0n) is 29.6. The summed E-state index contributed by atoms with van der Waals surface area (Å²) in [6.45, 7) is 13.5. The van der Waals surface area contributed by atoms with Crippen LogP contribution in [0.5, 0.6) is 0 Å². The van der Waals surface area contributed by atoms with Gasteiger partial charge in [0.1, 0.15) is 6.04 Å². The fourth-order valence-electron chi connectivity index (χ4n) is 10.8. The molecule has 262 valence electrons. The zero-order chi connectivity index (χ0) is 34.3. The monoisotopic (exact) mass is 652 g/mol. The maximum absolute atomic E-state index is 13.0. The molecule has 4 fully saturated rings. The van der Waals surface area contributed by atoms with Gasteiger partial charge in [-0.05, 0) is 134 Å². The largest absolute Gasteiger partial charge is 0.480 e. The van der Waals surface area contributed by atoms with Crippen LogP contribution in [0.4, 0.5) is 5.69 Å². The fraction of sp³-hybridized carbons (Fsp3) is 0.769. The third-order valence-corrected chi connectivity index (χ3v) is 13.6. The van der Waals surface area contributed by atoms with Crippen LogP contribution < -0.4 is 10.6 Å². The lowest BCUT2D eigenvalue weighted by Gasteiger charge is -2.62. The van der Waals surface area contributed by atoms with Gasteiger partial charge in [-0.2, -0.15) is 0 Å². The molecule has 0 heterocycles. The number of fused-ring (bicyclic) bond motifs is 5. The number of aliphatic hydroxyl groups excluding tert-OH is 2. The van der Waals surface area contributed by atoms with Crippen LogP contribution in [0.3, 0.4) is 0 Å². The molecule has 5 N–H and O–H groups in total. The smallest absolute Gasteiger partial charge is 0.326 e. The average molecular weight is 653 g/mol. The first-order chi connectivity index (χ1) is 22.0. The number of hydrogen-bond donors (Lipinski definition) is 5. The number of aliphatic hydroxyl groups is 2.